The van der Waals surface area contributed by atoms with E-state index in [1.54, 1.807) is 10.9 Å². The van der Waals surface area contributed by atoms with Gasteiger partial charge < -0.3 is 9.47 Å². The molecule has 37 heavy (non-hydrogen) atoms. The smallest absolute Gasteiger partial charge is 0.226 e. The van der Waals surface area contributed by atoms with E-state index >= 15 is 0 Å². The van der Waals surface area contributed by atoms with Gasteiger partial charge in [-0.2, -0.15) is 4.68 Å². The molecule has 0 bridgehead atoms. The molecular formula is C28H30N8O. The minimum Gasteiger partial charge on any atom is -0.333 e. The van der Waals surface area contributed by atoms with Crippen LogP contribution in [-0.4, -0.2) is 51.9 Å². The first-order valence-electron chi connectivity index (χ1n) is 13.0. The second-order valence-corrected chi connectivity index (χ2v) is 10.1. The normalized spacial score (nSPS) is 19.4. The molecule has 9 heteroatoms. The van der Waals surface area contributed by atoms with E-state index in [4.69, 9.17) is 0 Å². The second-order valence-electron chi connectivity index (χ2n) is 10.1. The minimum atomic E-state index is 0.118. The molecule has 0 spiro atoms. The Morgan fingerprint density at radius 2 is 1.95 bits per heavy atom. The zero-order valence-electron chi connectivity index (χ0n) is 21.3. The van der Waals surface area contributed by atoms with E-state index < -0.39 is 0 Å². The highest BCUT2D eigenvalue weighted by molar-refractivity contribution is 5.79. The first-order chi connectivity index (χ1) is 18.1. The fraction of sp³-hybridized carbons (Fsp3) is 0.429. The van der Waals surface area contributed by atoms with Crippen LogP contribution in [-0.2, 0) is 17.9 Å². The average Bonchev–Trinajstić information content (AvgIpc) is 3.53. The number of aryl methyl sites for hydroxylation is 2. The van der Waals surface area contributed by atoms with Crippen LogP contribution < -0.4 is 0 Å². The van der Waals surface area contributed by atoms with Crippen molar-refractivity contribution in [2.75, 3.05) is 6.54 Å². The van der Waals surface area contributed by atoms with E-state index in [1.807, 2.05) is 42.3 Å². The van der Waals surface area contributed by atoms with Crippen molar-refractivity contribution >= 4 is 16.9 Å². The molecule has 4 aromatic rings. The Morgan fingerprint density at radius 1 is 1.08 bits per heavy atom. The zero-order valence-corrected chi connectivity index (χ0v) is 21.3. The Balaban J connectivity index is 1.05. The molecule has 0 radical (unpaired) electrons. The van der Waals surface area contributed by atoms with E-state index in [0.717, 1.165) is 67.6 Å². The van der Waals surface area contributed by atoms with Gasteiger partial charge in [-0.05, 0) is 63.0 Å². The molecule has 2 aliphatic rings. The van der Waals surface area contributed by atoms with Gasteiger partial charge in [-0.1, -0.05) is 23.3 Å². The topological polar surface area (TPSA) is 94.6 Å². The number of amides is 1. The van der Waals surface area contributed by atoms with Crippen molar-refractivity contribution in [1.82, 2.24) is 39.4 Å². The van der Waals surface area contributed by atoms with Gasteiger partial charge in [-0.3, -0.25) is 4.79 Å². The number of carbonyl (C=O) groups is 1. The van der Waals surface area contributed by atoms with Crippen LogP contribution in [0, 0.1) is 37.5 Å². The van der Waals surface area contributed by atoms with Crippen LogP contribution in [0.1, 0.15) is 55.0 Å². The molecular weight excluding hydrogens is 464 g/mol. The molecule has 3 aromatic heterocycles. The number of imidazole rings is 1. The molecule has 1 fully saturated rings. The van der Waals surface area contributed by atoms with Crippen LogP contribution in [0.4, 0.5) is 0 Å². The van der Waals surface area contributed by atoms with Gasteiger partial charge in [0.15, 0.2) is 5.82 Å². The third-order valence-electron chi connectivity index (χ3n) is 7.70. The molecule has 0 unspecified atom stereocenters. The summed E-state index contributed by atoms with van der Waals surface area (Å²) >= 11 is 0. The molecule has 1 amide bonds. The lowest BCUT2D eigenvalue weighted by Gasteiger charge is -2.34. The highest BCUT2D eigenvalue weighted by Gasteiger charge is 2.31. The first-order valence-corrected chi connectivity index (χ1v) is 13.0. The van der Waals surface area contributed by atoms with Crippen molar-refractivity contribution in [2.24, 2.45) is 11.8 Å². The summed E-state index contributed by atoms with van der Waals surface area (Å²) in [5.41, 5.74) is 4.02. The molecule has 6 rings (SSSR count). The van der Waals surface area contributed by atoms with Crippen molar-refractivity contribution in [3.63, 3.8) is 0 Å². The number of nitrogens with zero attached hydrogens (tertiary/aromatic N) is 8. The number of hydrogen-bond acceptors (Lipinski definition) is 6. The maximum atomic E-state index is 13.1. The van der Waals surface area contributed by atoms with E-state index in [1.165, 1.54) is 5.69 Å². The quantitative estimate of drug-likeness (QED) is 0.404. The molecule has 1 aromatic carbocycles. The summed E-state index contributed by atoms with van der Waals surface area (Å²) in [6.45, 7) is 6.33. The largest absolute Gasteiger partial charge is 0.333 e. The molecule has 0 atom stereocenters. The lowest BCUT2D eigenvalue weighted by Crippen LogP contribution is -2.42. The summed E-state index contributed by atoms with van der Waals surface area (Å²) < 4.78 is 3.94. The van der Waals surface area contributed by atoms with Gasteiger partial charge in [0.05, 0.1) is 12.1 Å². The van der Waals surface area contributed by atoms with Gasteiger partial charge >= 0.3 is 0 Å². The maximum Gasteiger partial charge on any atom is 0.226 e. The monoisotopic (exact) mass is 494 g/mol. The molecule has 0 N–H and O–H groups in total. The van der Waals surface area contributed by atoms with E-state index in [9.17, 15) is 4.79 Å². The molecule has 0 saturated heterocycles. The Hall–Kier alpha value is -4.06. The van der Waals surface area contributed by atoms with E-state index in [2.05, 4.69) is 48.6 Å². The highest BCUT2D eigenvalue weighted by Crippen LogP contribution is 2.32. The molecule has 4 heterocycles. The van der Waals surface area contributed by atoms with Crippen LogP contribution in [0.3, 0.4) is 0 Å². The molecule has 1 aliphatic carbocycles. The van der Waals surface area contributed by atoms with Crippen LogP contribution in [0.2, 0.25) is 0 Å². The van der Waals surface area contributed by atoms with Gasteiger partial charge in [0, 0.05) is 49.6 Å². The molecule has 1 aliphatic heterocycles. The predicted octanol–water partition coefficient (Wildman–Crippen LogP) is 3.61. The van der Waals surface area contributed by atoms with Crippen LogP contribution >= 0.6 is 0 Å². The van der Waals surface area contributed by atoms with Crippen LogP contribution in [0.25, 0.3) is 16.9 Å². The first kappa shape index (κ1) is 23.3. The summed E-state index contributed by atoms with van der Waals surface area (Å²) in [6, 6.07) is 7.81. The van der Waals surface area contributed by atoms with E-state index in [0.29, 0.717) is 24.1 Å². The van der Waals surface area contributed by atoms with Crippen molar-refractivity contribution in [2.45, 2.75) is 59.0 Å². The lowest BCUT2D eigenvalue weighted by molar-refractivity contribution is -0.138. The van der Waals surface area contributed by atoms with Crippen molar-refractivity contribution in [1.29, 1.82) is 0 Å². The summed E-state index contributed by atoms with van der Waals surface area (Å²) in [6.07, 6.45) is 8.31. The molecule has 1 saturated carbocycles. The number of hydrogen-bond donors (Lipinski definition) is 0. The summed E-state index contributed by atoms with van der Waals surface area (Å²) in [7, 11) is 0. The zero-order chi connectivity index (χ0) is 25.4. The van der Waals surface area contributed by atoms with Gasteiger partial charge in [0.25, 0.3) is 0 Å². The van der Waals surface area contributed by atoms with Gasteiger partial charge in [0.2, 0.25) is 11.7 Å². The fourth-order valence-electron chi connectivity index (χ4n) is 5.53. The standard InChI is InChI=1S/C28H30N8O/c1-19-5-3-7-23-27(19)32-33-36(23)25-13-14-29-24(31-25)8-4-6-21-9-11-22(12-10-21)28(37)34-15-16-35-20(2)17-30-26(35)18-34/h3,5,7,13-14,17,21-22H,6,9-12,15-16,18H2,1-2H3. The highest BCUT2D eigenvalue weighted by atomic mass is 16.2. The Morgan fingerprint density at radius 3 is 2.81 bits per heavy atom. The maximum absolute atomic E-state index is 13.1. The SMILES string of the molecule is Cc1cccc2c1nnn2-c1ccnc(C#CCC2CCC(C(=O)N3CCn4c(C)cnc4C3)CC2)n1. The lowest BCUT2D eigenvalue weighted by atomic mass is 9.80. The van der Waals surface area contributed by atoms with Crippen molar-refractivity contribution in [3.8, 4) is 17.7 Å². The van der Waals surface area contributed by atoms with Gasteiger partial charge in [0.1, 0.15) is 11.3 Å². The average molecular weight is 495 g/mol. The number of benzene rings is 1. The van der Waals surface area contributed by atoms with Gasteiger partial charge in [-0.25, -0.2) is 15.0 Å². The Kier molecular flexibility index (Phi) is 6.16. The van der Waals surface area contributed by atoms with Crippen LogP contribution in [0.15, 0.2) is 36.7 Å². The van der Waals surface area contributed by atoms with Gasteiger partial charge in [-0.15, -0.1) is 5.10 Å². The molecule has 188 valence electrons. The Bertz CT molecular complexity index is 1520. The summed E-state index contributed by atoms with van der Waals surface area (Å²) in [5, 5.41) is 8.57. The number of rotatable bonds is 3. The molecule has 9 nitrogen and oxygen atoms in total. The number of fused-ring (bicyclic) bond motifs is 2. The van der Waals surface area contributed by atoms with E-state index in [-0.39, 0.29) is 11.8 Å². The number of aromatic nitrogens is 7. The number of carbonyl (C=O) groups excluding carboxylic acids is 1. The second kappa shape index (κ2) is 9.77. The third-order valence-corrected chi connectivity index (χ3v) is 7.70. The van der Waals surface area contributed by atoms with Crippen LogP contribution in [0.5, 0.6) is 0 Å². The fourth-order valence-corrected chi connectivity index (χ4v) is 5.53. The minimum absolute atomic E-state index is 0.118. The summed E-state index contributed by atoms with van der Waals surface area (Å²) in [5.74, 6) is 9.47. The third kappa shape index (κ3) is 4.59. The Labute approximate surface area is 215 Å². The van der Waals surface area contributed by atoms with Crippen molar-refractivity contribution in [3.05, 3.63) is 59.6 Å². The van der Waals surface area contributed by atoms with Crippen molar-refractivity contribution < 1.29 is 4.79 Å². The predicted molar refractivity (Wildman–Crippen MR) is 139 cm³/mol. The summed E-state index contributed by atoms with van der Waals surface area (Å²) in [4.78, 5) is 28.5.